The summed E-state index contributed by atoms with van der Waals surface area (Å²) >= 11 is 0. The maximum absolute atomic E-state index is 12.1. The number of amides is 1. The van der Waals surface area contributed by atoms with Crippen LogP contribution in [0.1, 0.15) is 51.2 Å². The van der Waals surface area contributed by atoms with Crippen molar-refractivity contribution in [1.82, 2.24) is 10.3 Å². The highest BCUT2D eigenvalue weighted by atomic mass is 16.5. The number of benzene rings is 2. The minimum atomic E-state index is -0.677. The van der Waals surface area contributed by atoms with Crippen molar-refractivity contribution < 1.29 is 19.1 Å². The summed E-state index contributed by atoms with van der Waals surface area (Å²) in [5, 5.41) is 2.80. The zero-order valence-corrected chi connectivity index (χ0v) is 16.8. The molecule has 0 aliphatic carbocycles. The van der Waals surface area contributed by atoms with Gasteiger partial charge in [0.1, 0.15) is 5.69 Å². The van der Waals surface area contributed by atoms with E-state index in [9.17, 15) is 14.4 Å². The molecule has 3 rings (SSSR count). The van der Waals surface area contributed by atoms with E-state index in [1.54, 1.807) is 0 Å². The molecule has 0 radical (unpaired) electrons. The van der Waals surface area contributed by atoms with Crippen LogP contribution in [0.3, 0.4) is 0 Å². The van der Waals surface area contributed by atoms with Crippen molar-refractivity contribution in [2.24, 2.45) is 0 Å². The molecule has 1 heterocycles. The van der Waals surface area contributed by atoms with Crippen molar-refractivity contribution >= 4 is 17.7 Å². The minimum absolute atomic E-state index is 0.140. The number of nitrogens with one attached hydrogen (secondary N) is 2. The number of aromatic nitrogens is 1. The summed E-state index contributed by atoms with van der Waals surface area (Å²) < 4.78 is 5.02. The van der Waals surface area contributed by atoms with Crippen LogP contribution in [0.4, 0.5) is 0 Å². The molecule has 2 N–H and O–H groups in total. The maximum atomic E-state index is 12.1. The van der Waals surface area contributed by atoms with Gasteiger partial charge in [0.05, 0.1) is 0 Å². The van der Waals surface area contributed by atoms with E-state index < -0.39 is 5.97 Å². The molecule has 3 aromatic rings. The van der Waals surface area contributed by atoms with Gasteiger partial charge < -0.3 is 15.0 Å². The molecule has 6 nitrogen and oxygen atoms in total. The molecule has 154 valence electrons. The Morgan fingerprint density at radius 3 is 2.10 bits per heavy atom. The van der Waals surface area contributed by atoms with Gasteiger partial charge in [-0.15, -0.1) is 0 Å². The Kier molecular flexibility index (Phi) is 7.16. The van der Waals surface area contributed by atoms with Crippen LogP contribution in [-0.4, -0.2) is 35.8 Å². The average Bonchev–Trinajstić information content (AvgIpc) is 3.27. The Hall–Kier alpha value is -3.67. The fraction of sp³-hybridized carbons (Fsp3) is 0.208. The molecule has 1 amide bonds. The molecule has 30 heavy (non-hydrogen) atoms. The number of hydrogen-bond donors (Lipinski definition) is 2. The summed E-state index contributed by atoms with van der Waals surface area (Å²) in [6.45, 7) is 1.47. The summed E-state index contributed by atoms with van der Waals surface area (Å²) in [5.74, 6) is -1.06. The van der Waals surface area contributed by atoms with Crippen LogP contribution in [0.5, 0.6) is 0 Å². The summed E-state index contributed by atoms with van der Waals surface area (Å²) in [4.78, 5) is 38.1. The van der Waals surface area contributed by atoms with Crippen LogP contribution in [-0.2, 0) is 9.53 Å². The van der Waals surface area contributed by atoms with E-state index in [-0.39, 0.29) is 29.9 Å². The number of carbonyl (C=O) groups is 3. The van der Waals surface area contributed by atoms with Crippen LogP contribution >= 0.6 is 0 Å². The number of ketones is 1. The van der Waals surface area contributed by atoms with Crippen molar-refractivity contribution in [3.8, 4) is 0 Å². The highest BCUT2D eigenvalue weighted by Gasteiger charge is 2.16. The van der Waals surface area contributed by atoms with Crippen LogP contribution in [0.2, 0.25) is 0 Å². The second-order valence-electron chi connectivity index (χ2n) is 6.95. The van der Waals surface area contributed by atoms with Gasteiger partial charge in [0.2, 0.25) is 0 Å². The number of hydrogen-bond acceptors (Lipinski definition) is 4. The standard InChI is InChI=1S/C24H24N2O4/c1-17(27)20-14-22(26-15-20)24(29)30-16-23(28)25-13-12-21(18-8-4-2-5-9-18)19-10-6-3-7-11-19/h2-11,14-15,21,26H,12-13,16H2,1H3,(H,25,28). The quantitative estimate of drug-likeness (QED) is 0.420. The van der Waals surface area contributed by atoms with Gasteiger partial charge >= 0.3 is 5.97 Å². The average molecular weight is 404 g/mol. The highest BCUT2D eigenvalue weighted by molar-refractivity contribution is 5.97. The molecule has 0 aliphatic heterocycles. The van der Waals surface area contributed by atoms with Gasteiger partial charge in [-0.3, -0.25) is 9.59 Å². The lowest BCUT2D eigenvalue weighted by Crippen LogP contribution is -2.30. The normalized spacial score (nSPS) is 10.6. The number of carbonyl (C=O) groups excluding carboxylic acids is 3. The summed E-state index contributed by atoms with van der Waals surface area (Å²) in [6, 6.07) is 21.7. The van der Waals surface area contributed by atoms with E-state index in [1.165, 1.54) is 30.3 Å². The summed E-state index contributed by atoms with van der Waals surface area (Å²) in [5.41, 5.74) is 2.88. The third-order valence-electron chi connectivity index (χ3n) is 4.80. The highest BCUT2D eigenvalue weighted by Crippen LogP contribution is 2.27. The molecule has 6 heteroatoms. The molecule has 0 saturated carbocycles. The van der Waals surface area contributed by atoms with Crippen molar-refractivity contribution in [3.05, 3.63) is 95.3 Å². The first-order valence-electron chi connectivity index (χ1n) is 9.77. The molecular formula is C24H24N2O4. The molecule has 0 fully saturated rings. The third-order valence-corrected chi connectivity index (χ3v) is 4.80. The molecule has 0 saturated heterocycles. The van der Waals surface area contributed by atoms with Gasteiger partial charge in [0.15, 0.2) is 12.4 Å². The monoisotopic (exact) mass is 404 g/mol. The fourth-order valence-electron chi connectivity index (χ4n) is 3.23. The first-order valence-corrected chi connectivity index (χ1v) is 9.77. The fourth-order valence-corrected chi connectivity index (χ4v) is 3.23. The van der Waals surface area contributed by atoms with E-state index in [1.807, 2.05) is 36.4 Å². The third kappa shape index (κ3) is 5.67. The first kappa shape index (κ1) is 21.0. The molecular weight excluding hydrogens is 380 g/mol. The molecule has 0 atom stereocenters. The number of esters is 1. The molecule has 0 aliphatic rings. The van der Waals surface area contributed by atoms with E-state index in [0.717, 1.165) is 0 Å². The number of H-pyrrole nitrogens is 1. The second kappa shape index (κ2) is 10.2. The second-order valence-corrected chi connectivity index (χ2v) is 6.95. The Labute approximate surface area is 175 Å². The lowest BCUT2D eigenvalue weighted by molar-refractivity contribution is -0.124. The number of rotatable bonds is 9. The Morgan fingerprint density at radius 1 is 0.967 bits per heavy atom. The summed E-state index contributed by atoms with van der Waals surface area (Å²) in [6.07, 6.45) is 2.15. The van der Waals surface area contributed by atoms with Crippen LogP contribution < -0.4 is 5.32 Å². The summed E-state index contributed by atoms with van der Waals surface area (Å²) in [7, 11) is 0. The number of Topliss-reactive ketones (excluding diaryl/α,β-unsaturated/α-hetero) is 1. The Bertz CT molecular complexity index is 957. The predicted octanol–water partition coefficient (Wildman–Crippen LogP) is 3.71. The van der Waals surface area contributed by atoms with Crippen LogP contribution in [0.15, 0.2) is 72.9 Å². The topological polar surface area (TPSA) is 88.3 Å². The van der Waals surface area contributed by atoms with E-state index in [0.29, 0.717) is 18.5 Å². The lowest BCUT2D eigenvalue weighted by Gasteiger charge is -2.18. The molecule has 0 spiro atoms. The molecule has 0 bridgehead atoms. The van der Waals surface area contributed by atoms with Gasteiger partial charge in [0.25, 0.3) is 5.91 Å². The smallest absolute Gasteiger partial charge is 0.355 e. The van der Waals surface area contributed by atoms with Gasteiger partial charge in [-0.2, -0.15) is 0 Å². The van der Waals surface area contributed by atoms with Gasteiger partial charge in [-0.1, -0.05) is 60.7 Å². The maximum Gasteiger partial charge on any atom is 0.355 e. The number of aromatic amines is 1. The Balaban J connectivity index is 1.50. The zero-order valence-electron chi connectivity index (χ0n) is 16.8. The SMILES string of the molecule is CC(=O)c1c[nH]c(C(=O)OCC(=O)NCCC(c2ccccc2)c2ccccc2)c1. The van der Waals surface area contributed by atoms with Gasteiger partial charge in [-0.05, 0) is 30.5 Å². The van der Waals surface area contributed by atoms with E-state index in [2.05, 4.69) is 34.6 Å². The molecule has 0 unspecified atom stereocenters. The van der Waals surface area contributed by atoms with Gasteiger partial charge in [0, 0.05) is 24.2 Å². The minimum Gasteiger partial charge on any atom is -0.451 e. The van der Waals surface area contributed by atoms with E-state index >= 15 is 0 Å². The van der Waals surface area contributed by atoms with Crippen LogP contribution in [0, 0.1) is 0 Å². The molecule has 2 aromatic carbocycles. The zero-order chi connectivity index (χ0) is 21.3. The largest absolute Gasteiger partial charge is 0.451 e. The number of ether oxygens (including phenoxy) is 1. The van der Waals surface area contributed by atoms with Gasteiger partial charge in [-0.25, -0.2) is 4.79 Å². The van der Waals surface area contributed by atoms with Crippen molar-refractivity contribution in [2.45, 2.75) is 19.3 Å². The van der Waals surface area contributed by atoms with E-state index in [4.69, 9.17) is 4.74 Å². The lowest BCUT2D eigenvalue weighted by atomic mass is 9.88. The van der Waals surface area contributed by atoms with Crippen molar-refractivity contribution in [2.75, 3.05) is 13.2 Å². The predicted molar refractivity (Wildman–Crippen MR) is 113 cm³/mol. The van der Waals surface area contributed by atoms with Crippen LogP contribution in [0.25, 0.3) is 0 Å². The first-order chi connectivity index (χ1) is 14.5. The molecule has 1 aromatic heterocycles. The van der Waals surface area contributed by atoms with Crippen molar-refractivity contribution in [3.63, 3.8) is 0 Å². The Morgan fingerprint density at radius 2 is 1.57 bits per heavy atom. The van der Waals surface area contributed by atoms with Crippen molar-refractivity contribution in [1.29, 1.82) is 0 Å².